The molecule has 0 saturated heterocycles. The van der Waals surface area contributed by atoms with Crippen molar-refractivity contribution in [2.24, 2.45) is 0 Å². The molecule has 94 valence electrons. The van der Waals surface area contributed by atoms with E-state index in [0.717, 1.165) is 24.8 Å². The molecule has 2 nitrogen and oxygen atoms in total. The van der Waals surface area contributed by atoms with Crippen LogP contribution in [-0.2, 0) is 27.7 Å². The molecule has 0 radical (unpaired) electrons. The Labute approximate surface area is 112 Å². The van der Waals surface area contributed by atoms with Crippen molar-refractivity contribution in [3.05, 3.63) is 23.8 Å². The van der Waals surface area contributed by atoms with E-state index in [1.54, 1.807) is 13.2 Å². The fourth-order valence-corrected chi connectivity index (χ4v) is 1.70. The average Bonchev–Trinajstić information content (AvgIpc) is 2.54. The van der Waals surface area contributed by atoms with E-state index in [2.05, 4.69) is 34.6 Å². The van der Waals surface area contributed by atoms with Gasteiger partial charge in [-0.15, -0.1) is 5.57 Å². The van der Waals surface area contributed by atoms with Gasteiger partial charge < -0.3 is 9.53 Å². The van der Waals surface area contributed by atoms with E-state index in [9.17, 15) is 4.79 Å². The van der Waals surface area contributed by atoms with Crippen LogP contribution in [0.25, 0.3) is 0 Å². The molecule has 1 atom stereocenters. The Morgan fingerprint density at radius 1 is 1.56 bits per heavy atom. The minimum atomic E-state index is -0.660. The van der Waals surface area contributed by atoms with Crippen LogP contribution in [0, 0.1) is 6.58 Å². The Morgan fingerprint density at radius 2 is 2.12 bits per heavy atom. The van der Waals surface area contributed by atoms with Crippen LogP contribution in [0.2, 0.25) is 0 Å². The molecule has 16 heavy (non-hydrogen) atoms. The van der Waals surface area contributed by atoms with Gasteiger partial charge >= 0.3 is 27.7 Å². The summed E-state index contributed by atoms with van der Waals surface area (Å²) >= 11 is 2.22. The van der Waals surface area contributed by atoms with Crippen molar-refractivity contribution in [3.8, 4) is 0 Å². The molecule has 0 bridgehead atoms. The first kappa shape index (κ1) is 16.1. The summed E-state index contributed by atoms with van der Waals surface area (Å²) in [6.07, 6.45) is 4.67. The molecule has 0 aromatic carbocycles. The second-order valence-corrected chi connectivity index (χ2v) is 3.79. The molecular weight excluding hydrogens is 318 g/mol. The Hall–Kier alpha value is 0.0623. The van der Waals surface area contributed by atoms with Gasteiger partial charge in [-0.3, -0.25) is 6.58 Å². The molecule has 0 aromatic rings. The molecule has 0 aliphatic heterocycles. The van der Waals surface area contributed by atoms with Crippen LogP contribution < -0.4 is 0 Å². The molecule has 0 N–H and O–H groups in total. The van der Waals surface area contributed by atoms with Gasteiger partial charge in [0.2, 0.25) is 0 Å². The summed E-state index contributed by atoms with van der Waals surface area (Å²) in [6.45, 7) is 9.69. The molecule has 1 aliphatic rings. The zero-order chi connectivity index (χ0) is 12.8. The summed E-state index contributed by atoms with van der Waals surface area (Å²) in [5.74, 6) is -0.0968. The molecule has 4 heteroatoms. The Morgan fingerprint density at radius 3 is 2.56 bits per heavy atom. The summed E-state index contributed by atoms with van der Waals surface area (Å²) in [7, 11) is 6.08. The summed E-state index contributed by atoms with van der Waals surface area (Å²) in [6, 6.07) is 0. The average molecular weight is 335 g/mol. The van der Waals surface area contributed by atoms with Gasteiger partial charge in [-0.1, -0.05) is 25.0 Å². The van der Waals surface area contributed by atoms with Crippen LogP contribution in [0.1, 0.15) is 33.1 Å². The van der Waals surface area contributed by atoms with Crippen molar-refractivity contribution < 1.29 is 27.7 Å². The van der Waals surface area contributed by atoms with Crippen LogP contribution >= 0.6 is 9.53 Å². The SMILES string of the molecule is [CH-]=C1C(=O)C=C(CCCC)C1(C)OC.[Cl][Pd+]. The van der Waals surface area contributed by atoms with Gasteiger partial charge in [0, 0.05) is 12.9 Å². The number of hydrogen-bond donors (Lipinski definition) is 0. The third kappa shape index (κ3) is 3.28. The van der Waals surface area contributed by atoms with Crippen LogP contribution in [0.3, 0.4) is 0 Å². The molecule has 0 aromatic heterocycles. The summed E-state index contributed by atoms with van der Waals surface area (Å²) in [5, 5.41) is 0. The molecule has 0 spiro atoms. The topological polar surface area (TPSA) is 26.3 Å². The summed E-state index contributed by atoms with van der Waals surface area (Å²) in [4.78, 5) is 11.4. The summed E-state index contributed by atoms with van der Waals surface area (Å²) in [5.41, 5.74) is 0.655. The Balaban J connectivity index is 0.00000106. The van der Waals surface area contributed by atoms with Crippen molar-refractivity contribution in [2.75, 3.05) is 7.11 Å². The number of carbonyl (C=O) groups excluding carboxylic acids is 1. The number of ketones is 1. The van der Waals surface area contributed by atoms with Gasteiger partial charge in [0.25, 0.3) is 0 Å². The van der Waals surface area contributed by atoms with E-state index in [0.29, 0.717) is 5.57 Å². The number of allylic oxidation sites excluding steroid dienone is 1. The van der Waals surface area contributed by atoms with Crippen molar-refractivity contribution >= 4 is 15.3 Å². The van der Waals surface area contributed by atoms with E-state index < -0.39 is 5.60 Å². The number of ether oxygens (including phenoxy) is 1. The van der Waals surface area contributed by atoms with E-state index >= 15 is 0 Å². The monoisotopic (exact) mass is 334 g/mol. The molecule has 0 fully saturated rings. The standard InChI is InChI=1S/C12H17O2.ClH.Pd/c1-5-6-7-10-8-11(13)9(2)12(10,3)14-4;;/h2,8H,5-7H2,1,3-4H3;1H;/q-1;;+2/p-1. The first-order valence-corrected chi connectivity index (χ1v) is 7.11. The molecule has 1 rings (SSSR count). The Bertz CT molecular complexity index is 299. The number of rotatable bonds is 4. The molecule has 1 unspecified atom stereocenters. The first-order chi connectivity index (χ1) is 7.56. The maximum absolute atomic E-state index is 11.4. The number of carbonyl (C=O) groups is 1. The van der Waals surface area contributed by atoms with Gasteiger partial charge in [0.1, 0.15) is 0 Å². The Kier molecular flexibility index (Phi) is 7.43. The second-order valence-electron chi connectivity index (χ2n) is 3.79. The van der Waals surface area contributed by atoms with E-state index in [-0.39, 0.29) is 5.78 Å². The van der Waals surface area contributed by atoms with E-state index in [1.165, 1.54) is 0 Å². The number of methoxy groups -OCH3 is 1. The van der Waals surface area contributed by atoms with Crippen molar-refractivity contribution in [1.29, 1.82) is 0 Å². The van der Waals surface area contributed by atoms with Crippen LogP contribution in [0.4, 0.5) is 0 Å². The van der Waals surface area contributed by atoms with Gasteiger partial charge in [0.15, 0.2) is 0 Å². The van der Waals surface area contributed by atoms with Crippen LogP contribution in [-0.4, -0.2) is 18.5 Å². The fraction of sp³-hybridized carbons (Fsp3) is 0.583. The van der Waals surface area contributed by atoms with Gasteiger partial charge in [0.05, 0.1) is 5.60 Å². The predicted octanol–water partition coefficient (Wildman–Crippen LogP) is 3.14. The fourth-order valence-electron chi connectivity index (χ4n) is 1.70. The van der Waals surface area contributed by atoms with Gasteiger partial charge in [-0.25, -0.2) is 0 Å². The normalized spacial score (nSPS) is 24.0. The number of halogens is 1. The van der Waals surface area contributed by atoms with E-state index in [4.69, 9.17) is 11.3 Å². The third-order valence-electron chi connectivity index (χ3n) is 2.91. The zero-order valence-electron chi connectivity index (χ0n) is 9.79. The second kappa shape index (κ2) is 7.40. The quantitative estimate of drug-likeness (QED) is 0.448. The third-order valence-corrected chi connectivity index (χ3v) is 2.91. The van der Waals surface area contributed by atoms with Crippen molar-refractivity contribution in [3.63, 3.8) is 0 Å². The summed E-state index contributed by atoms with van der Waals surface area (Å²) < 4.78 is 5.34. The number of hydrogen-bond acceptors (Lipinski definition) is 2. The first-order valence-electron chi connectivity index (χ1n) is 5.11. The molecule has 1 aliphatic carbocycles. The van der Waals surface area contributed by atoms with E-state index in [1.807, 2.05) is 6.92 Å². The number of unbranched alkanes of at least 4 members (excludes halogenated alkanes) is 1. The van der Waals surface area contributed by atoms with Crippen LogP contribution in [0.5, 0.6) is 0 Å². The van der Waals surface area contributed by atoms with Crippen molar-refractivity contribution in [2.45, 2.75) is 38.7 Å². The molecule has 0 heterocycles. The van der Waals surface area contributed by atoms with Gasteiger partial charge in [-0.2, -0.15) is 0 Å². The van der Waals surface area contributed by atoms with Crippen LogP contribution in [0.15, 0.2) is 17.2 Å². The minimum absolute atomic E-state index is 0.0968. The molecular formula is C12H17ClO2Pd. The van der Waals surface area contributed by atoms with Gasteiger partial charge in [-0.05, 0) is 19.8 Å². The zero-order valence-corrected chi connectivity index (χ0v) is 12.1. The van der Waals surface area contributed by atoms with Crippen molar-refractivity contribution in [1.82, 2.24) is 0 Å². The maximum atomic E-state index is 11.4. The predicted molar refractivity (Wildman–Crippen MR) is 61.7 cm³/mol. The molecule has 0 amide bonds. The molecule has 0 saturated carbocycles.